The highest BCUT2D eigenvalue weighted by Crippen LogP contribution is 2.37. The first kappa shape index (κ1) is 16.3. The molecule has 3 nitrogen and oxygen atoms in total. The van der Waals surface area contributed by atoms with Gasteiger partial charge < -0.3 is 4.90 Å². The Hall–Kier alpha value is -3.17. The number of ketones is 2. The van der Waals surface area contributed by atoms with Crippen molar-refractivity contribution in [3.63, 3.8) is 0 Å². The van der Waals surface area contributed by atoms with E-state index in [4.69, 9.17) is 11.6 Å². The Balaban J connectivity index is 1.96. The Bertz CT molecular complexity index is 987. The Kier molecular flexibility index (Phi) is 4.15. The quantitative estimate of drug-likeness (QED) is 0.632. The predicted molar refractivity (Wildman–Crippen MR) is 103 cm³/mol. The van der Waals surface area contributed by atoms with Crippen LogP contribution in [-0.2, 0) is 0 Å². The number of benzene rings is 3. The average Bonchev–Trinajstić information content (AvgIpc) is 2.71. The van der Waals surface area contributed by atoms with Crippen LogP contribution >= 0.6 is 11.6 Å². The Labute approximate surface area is 156 Å². The summed E-state index contributed by atoms with van der Waals surface area (Å²) in [5, 5.41) is -0.0681. The van der Waals surface area contributed by atoms with Crippen LogP contribution in [0, 0.1) is 0 Å². The number of anilines is 2. The highest BCUT2D eigenvalue weighted by Gasteiger charge is 2.35. The van der Waals surface area contributed by atoms with E-state index in [1.54, 1.807) is 29.2 Å². The van der Waals surface area contributed by atoms with E-state index in [2.05, 4.69) is 0 Å². The smallest absolute Gasteiger partial charge is 0.212 e. The predicted octanol–water partition coefficient (Wildman–Crippen LogP) is 5.35. The van der Waals surface area contributed by atoms with Crippen LogP contribution in [0.15, 0.2) is 95.7 Å². The average molecular weight is 360 g/mol. The largest absolute Gasteiger partial charge is 0.306 e. The van der Waals surface area contributed by atoms with Crippen LogP contribution in [0.3, 0.4) is 0 Å². The van der Waals surface area contributed by atoms with E-state index in [0.29, 0.717) is 11.1 Å². The van der Waals surface area contributed by atoms with Crippen molar-refractivity contribution >= 4 is 34.5 Å². The molecule has 3 aromatic rings. The summed E-state index contributed by atoms with van der Waals surface area (Å²) in [5.74, 6) is -0.605. The number of rotatable bonds is 3. The number of carbonyl (C=O) groups is 2. The SMILES string of the molecule is O=C1C(Cl)=C(N(c2ccccc2)c2ccccc2)C(=O)c2ccccc21. The van der Waals surface area contributed by atoms with Crippen LogP contribution < -0.4 is 4.90 Å². The first-order valence-corrected chi connectivity index (χ1v) is 8.54. The van der Waals surface area contributed by atoms with Gasteiger partial charge in [-0.1, -0.05) is 72.3 Å². The number of para-hydroxylation sites is 2. The number of carbonyl (C=O) groups excluding carboxylic acids is 2. The summed E-state index contributed by atoms with van der Waals surface area (Å²) in [4.78, 5) is 27.7. The van der Waals surface area contributed by atoms with E-state index in [1.165, 1.54) is 0 Å². The van der Waals surface area contributed by atoms with Crippen molar-refractivity contribution in [1.82, 2.24) is 0 Å². The first-order chi connectivity index (χ1) is 12.7. The summed E-state index contributed by atoms with van der Waals surface area (Å²) in [7, 11) is 0. The fourth-order valence-corrected chi connectivity index (χ4v) is 3.37. The van der Waals surface area contributed by atoms with Crippen molar-refractivity contribution in [2.45, 2.75) is 0 Å². The molecule has 0 atom stereocenters. The lowest BCUT2D eigenvalue weighted by Crippen LogP contribution is -2.30. The van der Waals surface area contributed by atoms with Gasteiger partial charge in [-0.15, -0.1) is 0 Å². The second kappa shape index (κ2) is 6.62. The molecule has 126 valence electrons. The third kappa shape index (κ3) is 2.63. The molecular weight excluding hydrogens is 346 g/mol. The van der Waals surface area contributed by atoms with E-state index >= 15 is 0 Å². The Morgan fingerprint density at radius 1 is 0.577 bits per heavy atom. The number of allylic oxidation sites excluding steroid dienone is 2. The van der Waals surface area contributed by atoms with Crippen molar-refractivity contribution in [1.29, 1.82) is 0 Å². The molecule has 1 aliphatic carbocycles. The minimum Gasteiger partial charge on any atom is -0.306 e. The van der Waals surface area contributed by atoms with Gasteiger partial charge in [0.05, 0.1) is 0 Å². The zero-order chi connectivity index (χ0) is 18.1. The van der Waals surface area contributed by atoms with Crippen molar-refractivity contribution in [2.75, 3.05) is 4.90 Å². The summed E-state index contributed by atoms with van der Waals surface area (Å²) in [6.45, 7) is 0. The fraction of sp³-hybridized carbons (Fsp3) is 0. The molecule has 4 rings (SSSR count). The number of hydrogen-bond acceptors (Lipinski definition) is 3. The summed E-state index contributed by atoms with van der Waals surface area (Å²) >= 11 is 6.42. The highest BCUT2D eigenvalue weighted by molar-refractivity contribution is 6.50. The molecule has 0 bridgehead atoms. The molecule has 0 unspecified atom stereocenters. The van der Waals surface area contributed by atoms with E-state index in [0.717, 1.165) is 11.4 Å². The van der Waals surface area contributed by atoms with Crippen LogP contribution in [0.5, 0.6) is 0 Å². The number of halogens is 1. The molecule has 0 saturated heterocycles. The van der Waals surface area contributed by atoms with Crippen molar-refractivity contribution in [3.8, 4) is 0 Å². The number of nitrogens with zero attached hydrogens (tertiary/aromatic N) is 1. The third-order valence-corrected chi connectivity index (χ3v) is 4.64. The van der Waals surface area contributed by atoms with Crippen LogP contribution in [-0.4, -0.2) is 11.6 Å². The van der Waals surface area contributed by atoms with E-state index in [-0.39, 0.29) is 22.3 Å². The molecule has 0 radical (unpaired) electrons. The lowest BCUT2D eigenvalue weighted by atomic mass is 9.91. The van der Waals surface area contributed by atoms with Gasteiger partial charge in [0, 0.05) is 22.5 Å². The zero-order valence-corrected chi connectivity index (χ0v) is 14.5. The van der Waals surface area contributed by atoms with Gasteiger partial charge in [-0.3, -0.25) is 9.59 Å². The van der Waals surface area contributed by atoms with Gasteiger partial charge >= 0.3 is 0 Å². The molecule has 1 aliphatic rings. The third-order valence-electron chi connectivity index (χ3n) is 4.29. The maximum atomic E-state index is 13.2. The van der Waals surface area contributed by atoms with Crippen LogP contribution in [0.4, 0.5) is 11.4 Å². The maximum Gasteiger partial charge on any atom is 0.212 e. The van der Waals surface area contributed by atoms with Crippen LogP contribution in [0.2, 0.25) is 0 Å². The lowest BCUT2D eigenvalue weighted by molar-refractivity contribution is 0.0979. The number of fused-ring (bicyclic) bond motifs is 1. The summed E-state index contributed by atoms with van der Waals surface area (Å²) < 4.78 is 0. The van der Waals surface area contributed by atoms with Crippen molar-refractivity contribution in [3.05, 3.63) is 107 Å². The first-order valence-electron chi connectivity index (χ1n) is 8.17. The van der Waals surface area contributed by atoms with Gasteiger partial charge in [0.25, 0.3) is 0 Å². The summed E-state index contributed by atoms with van der Waals surface area (Å²) in [5.41, 5.74) is 2.40. The van der Waals surface area contributed by atoms with E-state index in [1.807, 2.05) is 60.7 Å². The van der Waals surface area contributed by atoms with Crippen LogP contribution in [0.1, 0.15) is 20.7 Å². The second-order valence-electron chi connectivity index (χ2n) is 5.87. The molecule has 0 fully saturated rings. The van der Waals surface area contributed by atoms with Crippen LogP contribution in [0.25, 0.3) is 0 Å². The highest BCUT2D eigenvalue weighted by atomic mass is 35.5. The molecule has 0 amide bonds. The molecule has 0 spiro atoms. The minimum atomic E-state index is -0.339. The molecule has 3 aromatic carbocycles. The number of hydrogen-bond donors (Lipinski definition) is 0. The second-order valence-corrected chi connectivity index (χ2v) is 6.25. The van der Waals surface area contributed by atoms with Gasteiger partial charge in [-0.25, -0.2) is 0 Å². The summed E-state index contributed by atoms with van der Waals surface area (Å²) in [6.07, 6.45) is 0. The maximum absolute atomic E-state index is 13.2. The molecule has 0 heterocycles. The molecule has 0 N–H and O–H groups in total. The molecule has 0 aromatic heterocycles. The standard InChI is InChI=1S/C22H14ClNO2/c23-19-20(22(26)18-14-8-7-13-17(18)21(19)25)24(15-9-3-1-4-10-15)16-11-5-2-6-12-16/h1-14H. The van der Waals surface area contributed by atoms with Crippen molar-refractivity contribution in [2.24, 2.45) is 0 Å². The molecule has 4 heteroatoms. The normalized spacial score (nSPS) is 13.6. The zero-order valence-electron chi connectivity index (χ0n) is 13.7. The number of Topliss-reactive ketones (excluding diaryl/α,β-unsaturated/α-hetero) is 2. The molecular formula is C22H14ClNO2. The lowest BCUT2D eigenvalue weighted by Gasteiger charge is -2.30. The molecule has 26 heavy (non-hydrogen) atoms. The van der Waals surface area contributed by atoms with Crippen molar-refractivity contribution < 1.29 is 9.59 Å². The fourth-order valence-electron chi connectivity index (χ4n) is 3.09. The van der Waals surface area contributed by atoms with E-state index in [9.17, 15) is 9.59 Å². The van der Waals surface area contributed by atoms with Gasteiger partial charge in [-0.2, -0.15) is 0 Å². The Morgan fingerprint density at radius 3 is 1.50 bits per heavy atom. The monoisotopic (exact) mass is 359 g/mol. The minimum absolute atomic E-state index is 0.0681. The molecule has 0 saturated carbocycles. The topological polar surface area (TPSA) is 37.4 Å². The van der Waals surface area contributed by atoms with Gasteiger partial charge in [0.15, 0.2) is 0 Å². The van der Waals surface area contributed by atoms with Gasteiger partial charge in [0.1, 0.15) is 10.7 Å². The summed E-state index contributed by atoms with van der Waals surface area (Å²) in [6, 6.07) is 25.6. The van der Waals surface area contributed by atoms with E-state index < -0.39 is 0 Å². The van der Waals surface area contributed by atoms with Gasteiger partial charge in [0.2, 0.25) is 11.6 Å². The molecule has 0 aliphatic heterocycles. The Morgan fingerprint density at radius 2 is 1.00 bits per heavy atom. The van der Waals surface area contributed by atoms with Gasteiger partial charge in [-0.05, 0) is 24.3 Å².